The van der Waals surface area contributed by atoms with E-state index in [0.29, 0.717) is 17.9 Å². The quantitative estimate of drug-likeness (QED) is 0.773. The summed E-state index contributed by atoms with van der Waals surface area (Å²) >= 11 is 0. The third kappa shape index (κ3) is 2.76. The number of piperidine rings is 2. The number of nitrogens with zero attached hydrogens (tertiary/aromatic N) is 2. The van der Waals surface area contributed by atoms with Gasteiger partial charge in [0.05, 0.1) is 0 Å². The first-order valence-electron chi connectivity index (χ1n) is 6.72. The van der Waals surface area contributed by atoms with Gasteiger partial charge < -0.3 is 15.5 Å². The number of hydrogen-bond donors (Lipinski definition) is 1. The van der Waals surface area contributed by atoms with Crippen molar-refractivity contribution in [1.29, 1.82) is 0 Å². The maximum absolute atomic E-state index is 6.31. The largest absolute Gasteiger partial charge is 0.327 e. The number of likely N-dealkylation sites (tertiary alicyclic amines) is 2. The zero-order valence-electron chi connectivity index (χ0n) is 11.0. The van der Waals surface area contributed by atoms with Crippen molar-refractivity contribution in [1.82, 2.24) is 9.80 Å². The Morgan fingerprint density at radius 3 is 2.19 bits per heavy atom. The first-order chi connectivity index (χ1) is 7.56. The topological polar surface area (TPSA) is 32.5 Å². The van der Waals surface area contributed by atoms with E-state index < -0.39 is 0 Å². The van der Waals surface area contributed by atoms with Crippen molar-refractivity contribution in [3.8, 4) is 0 Å². The third-order valence-corrected chi connectivity index (χ3v) is 4.19. The van der Waals surface area contributed by atoms with E-state index in [4.69, 9.17) is 5.73 Å². The number of hydrogen-bond acceptors (Lipinski definition) is 3. The second-order valence-electron chi connectivity index (χ2n) is 6.26. The van der Waals surface area contributed by atoms with Gasteiger partial charge in [0.2, 0.25) is 0 Å². The Morgan fingerprint density at radius 1 is 1.12 bits per heavy atom. The van der Waals surface area contributed by atoms with Gasteiger partial charge in [-0.1, -0.05) is 13.8 Å². The minimum atomic E-state index is 0.450. The summed E-state index contributed by atoms with van der Waals surface area (Å²) in [5.74, 6) is 2.22. The molecule has 2 aliphatic heterocycles. The van der Waals surface area contributed by atoms with Crippen LogP contribution in [0.15, 0.2) is 0 Å². The second-order valence-corrected chi connectivity index (χ2v) is 6.26. The first kappa shape index (κ1) is 12.3. The number of rotatable bonds is 3. The van der Waals surface area contributed by atoms with Crippen molar-refractivity contribution < 1.29 is 0 Å². The van der Waals surface area contributed by atoms with Gasteiger partial charge in [0.25, 0.3) is 0 Å². The maximum Gasteiger partial charge on any atom is 0.0145 e. The summed E-state index contributed by atoms with van der Waals surface area (Å²) in [4.78, 5) is 5.10. The van der Waals surface area contributed by atoms with Crippen LogP contribution >= 0.6 is 0 Å². The van der Waals surface area contributed by atoms with Gasteiger partial charge >= 0.3 is 0 Å². The molecular weight excluding hydrogens is 198 g/mol. The van der Waals surface area contributed by atoms with E-state index in [2.05, 4.69) is 30.7 Å². The molecule has 0 aliphatic carbocycles. The van der Waals surface area contributed by atoms with Crippen molar-refractivity contribution >= 4 is 0 Å². The molecule has 2 rings (SSSR count). The third-order valence-electron chi connectivity index (χ3n) is 4.19. The van der Waals surface area contributed by atoms with E-state index in [1.54, 1.807) is 0 Å². The Kier molecular flexibility index (Phi) is 3.88. The summed E-state index contributed by atoms with van der Waals surface area (Å²) in [6, 6.07) is 0.450. The molecule has 0 radical (unpaired) electrons. The lowest BCUT2D eigenvalue weighted by molar-refractivity contribution is 0.0221. The van der Waals surface area contributed by atoms with Crippen molar-refractivity contribution in [2.75, 3.05) is 39.8 Å². The van der Waals surface area contributed by atoms with E-state index in [1.807, 2.05) is 0 Å². The van der Waals surface area contributed by atoms with Crippen LogP contribution in [0.3, 0.4) is 0 Å². The molecule has 2 unspecified atom stereocenters. The molecular formula is C13H27N3. The summed E-state index contributed by atoms with van der Waals surface area (Å²) in [5.41, 5.74) is 6.31. The molecule has 0 aromatic rings. The van der Waals surface area contributed by atoms with Crippen molar-refractivity contribution in [3.63, 3.8) is 0 Å². The van der Waals surface area contributed by atoms with E-state index in [1.165, 1.54) is 39.1 Å². The molecule has 0 saturated carbocycles. The minimum absolute atomic E-state index is 0.450. The van der Waals surface area contributed by atoms with Crippen LogP contribution in [0.5, 0.6) is 0 Å². The fraction of sp³-hybridized carbons (Fsp3) is 1.00. The molecule has 2 fully saturated rings. The molecule has 0 aromatic carbocycles. The minimum Gasteiger partial charge on any atom is -0.327 e. The van der Waals surface area contributed by atoms with E-state index in [0.717, 1.165) is 5.92 Å². The molecule has 0 aromatic heterocycles. The Bertz CT molecular complexity index is 213. The Hall–Kier alpha value is -0.120. The van der Waals surface area contributed by atoms with Gasteiger partial charge in [-0.25, -0.2) is 0 Å². The molecule has 3 heteroatoms. The van der Waals surface area contributed by atoms with Gasteiger partial charge in [-0.2, -0.15) is 0 Å². The molecule has 2 N–H and O–H groups in total. The van der Waals surface area contributed by atoms with Gasteiger partial charge in [-0.3, -0.25) is 0 Å². The molecule has 2 aliphatic rings. The summed E-state index contributed by atoms with van der Waals surface area (Å²) in [7, 11) is 2.23. The van der Waals surface area contributed by atoms with Gasteiger partial charge in [-0.15, -0.1) is 0 Å². The summed E-state index contributed by atoms with van der Waals surface area (Å²) in [6.45, 7) is 10.7. The number of nitrogens with two attached hydrogens (primary N) is 1. The van der Waals surface area contributed by atoms with E-state index >= 15 is 0 Å². The molecule has 0 amide bonds. The zero-order chi connectivity index (χ0) is 11.7. The van der Waals surface area contributed by atoms with Crippen LogP contribution in [0.2, 0.25) is 0 Å². The van der Waals surface area contributed by atoms with Gasteiger partial charge in [0.1, 0.15) is 0 Å². The second kappa shape index (κ2) is 5.03. The standard InChI is InChI=1S/C13H27N3/c1-10(2)4-5-16-8-11-6-15(3)7-12(9-16)13(11)14/h10-13H,4-9,14H2,1-3H3. The first-order valence-corrected chi connectivity index (χ1v) is 6.72. The Labute approximate surface area is 100.0 Å². The predicted molar refractivity (Wildman–Crippen MR) is 68.3 cm³/mol. The van der Waals surface area contributed by atoms with Crippen LogP contribution in [0.25, 0.3) is 0 Å². The van der Waals surface area contributed by atoms with Crippen molar-refractivity contribution in [2.45, 2.75) is 26.3 Å². The lowest BCUT2D eigenvalue weighted by atomic mass is 9.80. The molecule has 2 saturated heterocycles. The zero-order valence-corrected chi connectivity index (χ0v) is 11.0. The molecule has 3 nitrogen and oxygen atoms in total. The fourth-order valence-electron chi connectivity index (χ4n) is 3.22. The van der Waals surface area contributed by atoms with Crippen LogP contribution in [0.4, 0.5) is 0 Å². The molecule has 0 spiro atoms. The maximum atomic E-state index is 6.31. The van der Waals surface area contributed by atoms with E-state index in [9.17, 15) is 0 Å². The normalized spacial score (nSPS) is 36.9. The lowest BCUT2D eigenvalue weighted by Crippen LogP contribution is -2.62. The number of fused-ring (bicyclic) bond motifs is 2. The van der Waals surface area contributed by atoms with Crippen LogP contribution in [-0.2, 0) is 0 Å². The van der Waals surface area contributed by atoms with Crippen LogP contribution in [-0.4, -0.2) is 55.6 Å². The molecule has 2 bridgehead atoms. The Morgan fingerprint density at radius 2 is 1.69 bits per heavy atom. The highest BCUT2D eigenvalue weighted by atomic mass is 15.2. The SMILES string of the molecule is CC(C)CCN1CC2CN(C)CC(C1)C2N. The molecule has 16 heavy (non-hydrogen) atoms. The highest BCUT2D eigenvalue weighted by molar-refractivity contribution is 4.95. The summed E-state index contributed by atoms with van der Waals surface area (Å²) in [6.07, 6.45) is 1.32. The van der Waals surface area contributed by atoms with Gasteiger partial charge in [-0.05, 0) is 37.8 Å². The molecule has 94 valence electrons. The van der Waals surface area contributed by atoms with Crippen LogP contribution in [0, 0.1) is 17.8 Å². The smallest absolute Gasteiger partial charge is 0.0145 e. The average molecular weight is 225 g/mol. The van der Waals surface area contributed by atoms with Crippen LogP contribution < -0.4 is 5.73 Å². The molecule has 2 atom stereocenters. The summed E-state index contributed by atoms with van der Waals surface area (Å²) < 4.78 is 0. The van der Waals surface area contributed by atoms with Gasteiger partial charge in [0.15, 0.2) is 0 Å². The predicted octanol–water partition coefficient (Wildman–Crippen LogP) is 0.853. The summed E-state index contributed by atoms with van der Waals surface area (Å²) in [5, 5.41) is 0. The fourth-order valence-corrected chi connectivity index (χ4v) is 3.22. The monoisotopic (exact) mass is 225 g/mol. The highest BCUT2D eigenvalue weighted by Gasteiger charge is 2.38. The van der Waals surface area contributed by atoms with Crippen LogP contribution in [0.1, 0.15) is 20.3 Å². The highest BCUT2D eigenvalue weighted by Crippen LogP contribution is 2.27. The van der Waals surface area contributed by atoms with Crippen molar-refractivity contribution in [2.24, 2.45) is 23.5 Å². The Balaban J connectivity index is 1.88. The average Bonchev–Trinajstić information content (AvgIpc) is 2.17. The van der Waals surface area contributed by atoms with E-state index in [-0.39, 0.29) is 0 Å². The lowest BCUT2D eigenvalue weighted by Gasteiger charge is -2.49. The van der Waals surface area contributed by atoms with Crippen molar-refractivity contribution in [3.05, 3.63) is 0 Å². The van der Waals surface area contributed by atoms with Gasteiger partial charge in [0, 0.05) is 32.2 Å². The molecule has 2 heterocycles.